The van der Waals surface area contributed by atoms with Gasteiger partial charge in [-0.25, -0.2) is 0 Å². The van der Waals surface area contributed by atoms with Crippen molar-refractivity contribution in [3.05, 3.63) is 89.4 Å². The SMILES string of the molecule is Cc1ccc(NC(=O)CCN(Cc2ccccc2)C(=O)c2ccoc2C)cc1. The van der Waals surface area contributed by atoms with E-state index in [0.29, 0.717) is 24.4 Å². The summed E-state index contributed by atoms with van der Waals surface area (Å²) in [4.78, 5) is 27.0. The maximum Gasteiger partial charge on any atom is 0.257 e. The molecule has 0 radical (unpaired) electrons. The Balaban J connectivity index is 1.68. The molecule has 0 atom stereocenters. The molecule has 5 heteroatoms. The third kappa shape index (κ3) is 5.10. The molecule has 2 aromatic carbocycles. The van der Waals surface area contributed by atoms with Gasteiger partial charge in [-0.1, -0.05) is 48.0 Å². The van der Waals surface area contributed by atoms with Crippen LogP contribution in [0.3, 0.4) is 0 Å². The minimum atomic E-state index is -0.141. The van der Waals surface area contributed by atoms with Gasteiger partial charge in [-0.15, -0.1) is 0 Å². The molecule has 0 aliphatic rings. The number of hydrogen-bond donors (Lipinski definition) is 1. The molecule has 0 unspecified atom stereocenters. The number of hydrogen-bond acceptors (Lipinski definition) is 3. The summed E-state index contributed by atoms with van der Waals surface area (Å²) in [6.45, 7) is 4.51. The Kier molecular flexibility index (Phi) is 6.27. The minimum absolute atomic E-state index is 0.126. The van der Waals surface area contributed by atoms with E-state index < -0.39 is 0 Å². The van der Waals surface area contributed by atoms with E-state index in [2.05, 4.69) is 5.32 Å². The number of carbonyl (C=O) groups excluding carboxylic acids is 2. The van der Waals surface area contributed by atoms with Gasteiger partial charge in [0, 0.05) is 25.2 Å². The van der Waals surface area contributed by atoms with Crippen LogP contribution in [-0.4, -0.2) is 23.3 Å². The van der Waals surface area contributed by atoms with Crippen LogP contribution < -0.4 is 5.32 Å². The van der Waals surface area contributed by atoms with Crippen LogP contribution in [0.4, 0.5) is 5.69 Å². The fourth-order valence-electron chi connectivity index (χ4n) is 2.93. The minimum Gasteiger partial charge on any atom is -0.469 e. The summed E-state index contributed by atoms with van der Waals surface area (Å²) in [6.07, 6.45) is 1.72. The highest BCUT2D eigenvalue weighted by molar-refractivity contribution is 5.96. The van der Waals surface area contributed by atoms with Crippen LogP contribution in [0.5, 0.6) is 0 Å². The average molecular weight is 376 g/mol. The molecule has 3 aromatic rings. The number of carbonyl (C=O) groups is 2. The lowest BCUT2D eigenvalue weighted by atomic mass is 10.1. The van der Waals surface area contributed by atoms with E-state index in [9.17, 15) is 9.59 Å². The second-order valence-electron chi connectivity index (χ2n) is 6.77. The molecule has 0 saturated heterocycles. The first-order valence-corrected chi connectivity index (χ1v) is 9.27. The smallest absolute Gasteiger partial charge is 0.257 e. The Morgan fingerprint density at radius 2 is 1.68 bits per heavy atom. The van der Waals surface area contributed by atoms with Crippen LogP contribution in [0.15, 0.2) is 71.3 Å². The highest BCUT2D eigenvalue weighted by Crippen LogP contribution is 2.16. The van der Waals surface area contributed by atoms with Crippen molar-refractivity contribution in [2.45, 2.75) is 26.8 Å². The molecule has 3 rings (SSSR count). The lowest BCUT2D eigenvalue weighted by molar-refractivity contribution is -0.116. The molecule has 2 amide bonds. The molecule has 0 saturated carbocycles. The molecule has 0 bridgehead atoms. The number of amides is 2. The first-order chi connectivity index (χ1) is 13.5. The zero-order chi connectivity index (χ0) is 19.9. The van der Waals surface area contributed by atoms with E-state index >= 15 is 0 Å². The second kappa shape index (κ2) is 9.04. The Bertz CT molecular complexity index is 930. The van der Waals surface area contributed by atoms with Crippen LogP contribution in [0.25, 0.3) is 0 Å². The van der Waals surface area contributed by atoms with Crippen LogP contribution in [0.2, 0.25) is 0 Å². The molecule has 0 fully saturated rings. The monoisotopic (exact) mass is 376 g/mol. The second-order valence-corrected chi connectivity index (χ2v) is 6.77. The molecule has 1 N–H and O–H groups in total. The van der Waals surface area contributed by atoms with Crippen LogP contribution in [0.1, 0.15) is 33.7 Å². The third-order valence-corrected chi connectivity index (χ3v) is 4.54. The standard InChI is InChI=1S/C23H24N2O3/c1-17-8-10-20(11-9-17)24-22(26)12-14-25(16-19-6-4-3-5-7-19)23(27)21-13-15-28-18(21)2/h3-11,13,15H,12,14,16H2,1-2H3,(H,24,26). The number of anilines is 1. The van der Waals surface area contributed by atoms with Gasteiger partial charge in [-0.2, -0.15) is 0 Å². The molecule has 5 nitrogen and oxygen atoms in total. The van der Waals surface area contributed by atoms with E-state index in [4.69, 9.17) is 4.42 Å². The number of aryl methyl sites for hydroxylation is 2. The van der Waals surface area contributed by atoms with E-state index in [0.717, 1.165) is 16.8 Å². The summed E-state index contributed by atoms with van der Waals surface area (Å²) in [5.74, 6) is 0.309. The van der Waals surface area contributed by atoms with Crippen molar-refractivity contribution in [3.63, 3.8) is 0 Å². The molecule has 1 aromatic heterocycles. The first-order valence-electron chi connectivity index (χ1n) is 9.27. The molecule has 1 heterocycles. The van der Waals surface area contributed by atoms with Gasteiger partial charge < -0.3 is 14.6 Å². The lowest BCUT2D eigenvalue weighted by Crippen LogP contribution is -2.33. The third-order valence-electron chi connectivity index (χ3n) is 4.54. The maximum absolute atomic E-state index is 13.0. The summed E-state index contributed by atoms with van der Waals surface area (Å²) >= 11 is 0. The van der Waals surface area contributed by atoms with Gasteiger partial charge in [0.1, 0.15) is 5.76 Å². The number of benzene rings is 2. The predicted molar refractivity (Wildman–Crippen MR) is 109 cm³/mol. The number of furan rings is 1. The Morgan fingerprint density at radius 1 is 0.964 bits per heavy atom. The summed E-state index contributed by atoms with van der Waals surface area (Å²) in [5, 5.41) is 2.88. The van der Waals surface area contributed by atoms with Crippen LogP contribution in [0, 0.1) is 13.8 Å². The number of nitrogens with zero attached hydrogens (tertiary/aromatic N) is 1. The first kappa shape index (κ1) is 19.4. The van der Waals surface area contributed by atoms with Gasteiger partial charge in [0.25, 0.3) is 5.91 Å². The Morgan fingerprint density at radius 3 is 2.32 bits per heavy atom. The van der Waals surface area contributed by atoms with Crippen molar-refractivity contribution in [3.8, 4) is 0 Å². The Labute approximate surface area is 165 Å². The molecule has 0 spiro atoms. The zero-order valence-electron chi connectivity index (χ0n) is 16.1. The van der Waals surface area contributed by atoms with Gasteiger partial charge in [-0.3, -0.25) is 9.59 Å². The quantitative estimate of drug-likeness (QED) is 0.657. The van der Waals surface area contributed by atoms with Crippen molar-refractivity contribution >= 4 is 17.5 Å². The fourth-order valence-corrected chi connectivity index (χ4v) is 2.93. The average Bonchev–Trinajstić information content (AvgIpc) is 3.13. The number of rotatable bonds is 7. The summed E-state index contributed by atoms with van der Waals surface area (Å²) < 4.78 is 5.27. The highest BCUT2D eigenvalue weighted by Gasteiger charge is 2.20. The van der Waals surface area contributed by atoms with Crippen LogP contribution in [-0.2, 0) is 11.3 Å². The molecule has 0 aliphatic carbocycles. The summed E-state index contributed by atoms with van der Waals surface area (Å²) in [7, 11) is 0. The van der Waals surface area contributed by atoms with E-state index in [1.165, 1.54) is 6.26 Å². The normalized spacial score (nSPS) is 10.5. The summed E-state index contributed by atoms with van der Waals surface area (Å²) in [5.41, 5.74) is 3.42. The largest absolute Gasteiger partial charge is 0.469 e. The van der Waals surface area contributed by atoms with Crippen LogP contribution >= 0.6 is 0 Å². The molecular weight excluding hydrogens is 352 g/mol. The molecule has 28 heavy (non-hydrogen) atoms. The van der Waals surface area contributed by atoms with Gasteiger partial charge >= 0.3 is 0 Å². The van der Waals surface area contributed by atoms with Gasteiger partial charge in [0.05, 0.1) is 11.8 Å². The van der Waals surface area contributed by atoms with Gasteiger partial charge in [0.15, 0.2) is 0 Å². The Hall–Kier alpha value is -3.34. The van der Waals surface area contributed by atoms with Crippen molar-refractivity contribution in [2.75, 3.05) is 11.9 Å². The highest BCUT2D eigenvalue weighted by atomic mass is 16.3. The zero-order valence-corrected chi connectivity index (χ0v) is 16.1. The summed E-state index contributed by atoms with van der Waals surface area (Å²) in [6, 6.07) is 19.0. The maximum atomic E-state index is 13.0. The van der Waals surface area contributed by atoms with E-state index in [-0.39, 0.29) is 18.2 Å². The predicted octanol–water partition coefficient (Wildman–Crippen LogP) is 4.57. The van der Waals surface area contributed by atoms with E-state index in [1.54, 1.807) is 17.9 Å². The van der Waals surface area contributed by atoms with Crippen molar-refractivity contribution in [1.82, 2.24) is 4.90 Å². The topological polar surface area (TPSA) is 62.6 Å². The molecular formula is C23H24N2O3. The van der Waals surface area contributed by atoms with Gasteiger partial charge in [-0.05, 0) is 37.6 Å². The van der Waals surface area contributed by atoms with Gasteiger partial charge in [0.2, 0.25) is 5.91 Å². The fraction of sp³-hybridized carbons (Fsp3) is 0.217. The molecule has 0 aliphatic heterocycles. The van der Waals surface area contributed by atoms with Crippen molar-refractivity contribution < 1.29 is 14.0 Å². The molecule has 144 valence electrons. The number of nitrogens with one attached hydrogen (secondary N) is 1. The van der Waals surface area contributed by atoms with Crippen molar-refractivity contribution in [2.24, 2.45) is 0 Å². The van der Waals surface area contributed by atoms with E-state index in [1.807, 2.05) is 61.5 Å². The lowest BCUT2D eigenvalue weighted by Gasteiger charge is -2.22. The van der Waals surface area contributed by atoms with Crippen molar-refractivity contribution in [1.29, 1.82) is 0 Å².